The number of carbonyl (C=O) groups excluding carboxylic acids is 2. The van der Waals surface area contributed by atoms with Gasteiger partial charge in [-0.1, -0.05) is 43.7 Å². The van der Waals surface area contributed by atoms with Crippen LogP contribution < -0.4 is 5.32 Å². The highest BCUT2D eigenvalue weighted by molar-refractivity contribution is 5.71. The van der Waals surface area contributed by atoms with Crippen LogP contribution in [0.1, 0.15) is 25.3 Å². The summed E-state index contributed by atoms with van der Waals surface area (Å²) in [6.45, 7) is 4.11. The number of benzene rings is 1. The van der Waals surface area contributed by atoms with Crippen LogP contribution >= 0.6 is 0 Å². The molecule has 132 valence electrons. The van der Waals surface area contributed by atoms with Crippen LogP contribution in [-0.2, 0) is 20.9 Å². The smallest absolute Gasteiger partial charge is 0.407 e. The Hall–Kier alpha value is -2.08. The highest BCUT2D eigenvalue weighted by Crippen LogP contribution is 2.20. The fourth-order valence-corrected chi connectivity index (χ4v) is 3.01. The largest absolute Gasteiger partial charge is 0.468 e. The summed E-state index contributed by atoms with van der Waals surface area (Å²) in [6, 6.07) is 9.56. The molecule has 1 fully saturated rings. The molecule has 1 aliphatic rings. The number of alkyl carbamates (subject to hydrolysis) is 1. The van der Waals surface area contributed by atoms with Gasteiger partial charge in [-0.3, -0.25) is 9.69 Å². The number of ether oxygens (including phenoxy) is 2. The average Bonchev–Trinajstić information content (AvgIpc) is 2.60. The van der Waals surface area contributed by atoms with Crippen molar-refractivity contribution in [2.75, 3.05) is 26.7 Å². The van der Waals surface area contributed by atoms with E-state index >= 15 is 0 Å². The number of hydrogen-bond acceptors (Lipinski definition) is 5. The molecule has 1 saturated heterocycles. The molecule has 1 aromatic carbocycles. The molecule has 1 amide bonds. The molecule has 0 radical (unpaired) electrons. The van der Waals surface area contributed by atoms with E-state index in [1.165, 1.54) is 7.11 Å². The van der Waals surface area contributed by atoms with Crippen molar-refractivity contribution in [2.45, 2.75) is 32.4 Å². The molecule has 2 unspecified atom stereocenters. The van der Waals surface area contributed by atoms with Crippen LogP contribution in [0, 0.1) is 5.92 Å². The van der Waals surface area contributed by atoms with Crippen molar-refractivity contribution in [1.29, 1.82) is 0 Å². The maximum atomic E-state index is 12.0. The normalized spacial score (nSPS) is 21.1. The Morgan fingerprint density at radius 1 is 1.25 bits per heavy atom. The number of likely N-dealkylation sites (tertiary alicyclic amines) is 1. The predicted molar refractivity (Wildman–Crippen MR) is 90.4 cm³/mol. The van der Waals surface area contributed by atoms with Crippen LogP contribution in [0.25, 0.3) is 0 Å². The first-order valence-corrected chi connectivity index (χ1v) is 8.37. The molecule has 0 spiro atoms. The van der Waals surface area contributed by atoms with E-state index in [1.807, 2.05) is 35.2 Å². The molecule has 0 aromatic heterocycles. The Balaban J connectivity index is 1.82. The van der Waals surface area contributed by atoms with Gasteiger partial charge in [0.05, 0.1) is 13.7 Å². The molecule has 1 N–H and O–H groups in total. The average molecular weight is 334 g/mol. The lowest BCUT2D eigenvalue weighted by Gasteiger charge is -2.36. The minimum atomic E-state index is -0.418. The lowest BCUT2D eigenvalue weighted by atomic mass is 9.92. The van der Waals surface area contributed by atoms with E-state index < -0.39 is 6.09 Å². The summed E-state index contributed by atoms with van der Waals surface area (Å²) < 4.78 is 10.0. The van der Waals surface area contributed by atoms with Gasteiger partial charge in [-0.05, 0) is 17.9 Å². The van der Waals surface area contributed by atoms with Crippen LogP contribution in [0.5, 0.6) is 0 Å². The maximum Gasteiger partial charge on any atom is 0.407 e. The third-order valence-electron chi connectivity index (χ3n) is 4.31. The number of rotatable bonds is 6. The highest BCUT2D eigenvalue weighted by atomic mass is 16.5. The van der Waals surface area contributed by atoms with Gasteiger partial charge < -0.3 is 14.8 Å². The fourth-order valence-electron chi connectivity index (χ4n) is 3.01. The van der Waals surface area contributed by atoms with E-state index in [1.54, 1.807) is 0 Å². The van der Waals surface area contributed by atoms with Gasteiger partial charge in [-0.25, -0.2) is 4.79 Å². The first-order valence-electron chi connectivity index (χ1n) is 8.37. The van der Waals surface area contributed by atoms with Gasteiger partial charge in [0.15, 0.2) is 0 Å². The summed E-state index contributed by atoms with van der Waals surface area (Å²) in [5, 5.41) is 2.92. The van der Waals surface area contributed by atoms with E-state index in [0.717, 1.165) is 24.9 Å². The molecule has 6 nitrogen and oxygen atoms in total. The first kappa shape index (κ1) is 18.3. The molecule has 2 rings (SSSR count). The van der Waals surface area contributed by atoms with Crippen LogP contribution in [0.4, 0.5) is 4.79 Å². The summed E-state index contributed by atoms with van der Waals surface area (Å²) >= 11 is 0. The van der Waals surface area contributed by atoms with Gasteiger partial charge in [0.1, 0.15) is 6.61 Å². The van der Waals surface area contributed by atoms with Crippen molar-refractivity contribution in [3.63, 3.8) is 0 Å². The molecule has 6 heteroatoms. The van der Waals surface area contributed by atoms with Gasteiger partial charge >= 0.3 is 12.1 Å². The zero-order chi connectivity index (χ0) is 17.4. The molecular weight excluding hydrogens is 308 g/mol. The lowest BCUT2D eigenvalue weighted by Crippen LogP contribution is -2.52. The second-order valence-electron chi connectivity index (χ2n) is 6.18. The maximum absolute atomic E-state index is 12.0. The van der Waals surface area contributed by atoms with Crippen molar-refractivity contribution in [3.05, 3.63) is 35.9 Å². The number of hydrogen-bond donors (Lipinski definition) is 1. The fraction of sp³-hybridized carbons (Fsp3) is 0.556. The second-order valence-corrected chi connectivity index (χ2v) is 6.18. The van der Waals surface area contributed by atoms with E-state index in [-0.39, 0.29) is 25.2 Å². The predicted octanol–water partition coefficient (Wildman–Crippen LogP) is 2.19. The van der Waals surface area contributed by atoms with Gasteiger partial charge in [0, 0.05) is 19.1 Å². The van der Waals surface area contributed by atoms with Gasteiger partial charge in [-0.2, -0.15) is 0 Å². The van der Waals surface area contributed by atoms with Crippen molar-refractivity contribution in [2.24, 2.45) is 5.92 Å². The highest BCUT2D eigenvalue weighted by Gasteiger charge is 2.28. The molecule has 0 bridgehead atoms. The summed E-state index contributed by atoms with van der Waals surface area (Å²) in [5.74, 6) is 0.194. The number of methoxy groups -OCH3 is 1. The monoisotopic (exact) mass is 334 g/mol. The van der Waals surface area contributed by atoms with Crippen LogP contribution in [0.15, 0.2) is 30.3 Å². The van der Waals surface area contributed by atoms with Crippen molar-refractivity contribution in [1.82, 2.24) is 10.2 Å². The summed E-state index contributed by atoms with van der Waals surface area (Å²) in [5.41, 5.74) is 0.954. The molecule has 2 atom stereocenters. The van der Waals surface area contributed by atoms with Crippen molar-refractivity contribution < 1.29 is 19.1 Å². The Bertz CT molecular complexity index is 535. The number of piperidine rings is 1. The lowest BCUT2D eigenvalue weighted by molar-refractivity contribution is -0.142. The molecular formula is C18H26N2O4. The van der Waals surface area contributed by atoms with Crippen LogP contribution in [0.3, 0.4) is 0 Å². The SMILES string of the molecule is CCC1CC(NC(=O)OCc2ccccc2)CN(CC(=O)OC)C1. The van der Waals surface area contributed by atoms with Crippen molar-refractivity contribution in [3.8, 4) is 0 Å². The van der Waals surface area contributed by atoms with E-state index in [9.17, 15) is 9.59 Å². The molecule has 1 aliphatic heterocycles. The molecule has 0 saturated carbocycles. The molecule has 0 aliphatic carbocycles. The van der Waals surface area contributed by atoms with E-state index in [4.69, 9.17) is 9.47 Å². The molecule has 24 heavy (non-hydrogen) atoms. The van der Waals surface area contributed by atoms with Gasteiger partial charge in [-0.15, -0.1) is 0 Å². The standard InChI is InChI=1S/C18H26N2O4/c1-3-14-9-16(11-20(10-14)12-17(21)23-2)19-18(22)24-13-15-7-5-4-6-8-15/h4-8,14,16H,3,9-13H2,1-2H3,(H,19,22). The zero-order valence-corrected chi connectivity index (χ0v) is 14.4. The van der Waals surface area contributed by atoms with Gasteiger partial charge in [0.2, 0.25) is 0 Å². The van der Waals surface area contributed by atoms with E-state index in [0.29, 0.717) is 12.5 Å². The number of carbonyl (C=O) groups is 2. The van der Waals surface area contributed by atoms with Gasteiger partial charge in [0.25, 0.3) is 0 Å². The first-order chi connectivity index (χ1) is 11.6. The van der Waals surface area contributed by atoms with Crippen LogP contribution in [0.2, 0.25) is 0 Å². The Morgan fingerprint density at radius 3 is 2.67 bits per heavy atom. The zero-order valence-electron chi connectivity index (χ0n) is 14.4. The summed E-state index contributed by atoms with van der Waals surface area (Å²) in [6.07, 6.45) is 1.49. The minimum absolute atomic E-state index is 0.0170. The molecule has 1 aromatic rings. The quantitative estimate of drug-likeness (QED) is 0.808. The number of nitrogens with zero attached hydrogens (tertiary/aromatic N) is 1. The Morgan fingerprint density at radius 2 is 2.00 bits per heavy atom. The molecule has 1 heterocycles. The topological polar surface area (TPSA) is 67.9 Å². The number of esters is 1. The minimum Gasteiger partial charge on any atom is -0.468 e. The second kappa shape index (κ2) is 9.27. The van der Waals surface area contributed by atoms with Crippen LogP contribution in [-0.4, -0.2) is 49.7 Å². The number of amides is 1. The Labute approximate surface area is 143 Å². The van der Waals surface area contributed by atoms with Crippen molar-refractivity contribution >= 4 is 12.1 Å². The van der Waals surface area contributed by atoms with E-state index in [2.05, 4.69) is 12.2 Å². The summed E-state index contributed by atoms with van der Waals surface area (Å²) in [7, 11) is 1.39. The number of nitrogens with one attached hydrogen (secondary N) is 1. The Kier molecular flexibility index (Phi) is 7.06. The summed E-state index contributed by atoms with van der Waals surface area (Å²) in [4.78, 5) is 25.5. The third-order valence-corrected chi connectivity index (χ3v) is 4.31. The third kappa shape index (κ3) is 5.85.